The van der Waals surface area contributed by atoms with Crippen LogP contribution >= 0.6 is 0 Å². The van der Waals surface area contributed by atoms with Crippen molar-refractivity contribution in [1.82, 2.24) is 0 Å². The molecule has 1 atom stereocenters. The molecule has 1 unspecified atom stereocenters. The Morgan fingerprint density at radius 1 is 1.16 bits per heavy atom. The molecule has 0 fully saturated rings. The lowest BCUT2D eigenvalue weighted by molar-refractivity contribution is -0.236. The van der Waals surface area contributed by atoms with Crippen LogP contribution in [-0.4, -0.2) is 19.0 Å². The van der Waals surface area contributed by atoms with E-state index in [0.717, 1.165) is 43.8 Å². The molecule has 0 saturated carbocycles. The van der Waals surface area contributed by atoms with E-state index >= 15 is 0 Å². The van der Waals surface area contributed by atoms with Gasteiger partial charge in [-0.25, -0.2) is 0 Å². The van der Waals surface area contributed by atoms with Crippen molar-refractivity contribution in [2.75, 3.05) is 13.2 Å². The molecule has 0 saturated heterocycles. The van der Waals surface area contributed by atoms with E-state index in [1.807, 2.05) is 25.1 Å². The van der Waals surface area contributed by atoms with E-state index in [1.54, 1.807) is 0 Å². The molecule has 0 aromatic heterocycles. The van der Waals surface area contributed by atoms with E-state index in [4.69, 9.17) is 14.2 Å². The molecule has 1 aliphatic rings. The number of para-hydroxylation sites is 1. The Labute approximate surface area is 115 Å². The molecule has 0 aliphatic carbocycles. The number of fused-ring (bicyclic) bond motifs is 1. The molecule has 0 radical (unpaired) electrons. The highest BCUT2D eigenvalue weighted by molar-refractivity contribution is 5.37. The van der Waals surface area contributed by atoms with E-state index in [9.17, 15) is 0 Å². The topological polar surface area (TPSA) is 27.7 Å². The molecule has 0 spiro atoms. The number of hydrogen-bond donors (Lipinski definition) is 0. The van der Waals surface area contributed by atoms with Crippen molar-refractivity contribution < 1.29 is 14.2 Å². The maximum absolute atomic E-state index is 6.24. The summed E-state index contributed by atoms with van der Waals surface area (Å²) in [5, 5.41) is 0. The zero-order valence-corrected chi connectivity index (χ0v) is 12.1. The maximum atomic E-state index is 6.24. The number of hydrogen-bond acceptors (Lipinski definition) is 3. The van der Waals surface area contributed by atoms with E-state index in [2.05, 4.69) is 19.9 Å². The van der Waals surface area contributed by atoms with Crippen molar-refractivity contribution in [3.63, 3.8) is 0 Å². The van der Waals surface area contributed by atoms with Crippen LogP contribution in [0.25, 0.3) is 0 Å². The van der Waals surface area contributed by atoms with Gasteiger partial charge in [0.25, 0.3) is 0 Å². The largest absolute Gasteiger partial charge is 0.462 e. The van der Waals surface area contributed by atoms with Crippen molar-refractivity contribution in [1.29, 1.82) is 0 Å². The lowest BCUT2D eigenvalue weighted by Crippen LogP contribution is -2.42. The predicted octanol–water partition coefficient (Wildman–Crippen LogP) is 4.08. The lowest BCUT2D eigenvalue weighted by atomic mass is 10.0. The third-order valence-corrected chi connectivity index (χ3v) is 3.72. The van der Waals surface area contributed by atoms with E-state index in [-0.39, 0.29) is 6.10 Å². The maximum Gasteiger partial charge on any atom is 0.210 e. The summed E-state index contributed by atoms with van der Waals surface area (Å²) in [7, 11) is 0. The van der Waals surface area contributed by atoms with Gasteiger partial charge in [-0.2, -0.15) is 0 Å². The van der Waals surface area contributed by atoms with Gasteiger partial charge < -0.3 is 14.2 Å². The van der Waals surface area contributed by atoms with Gasteiger partial charge in [-0.1, -0.05) is 32.0 Å². The minimum Gasteiger partial charge on any atom is -0.462 e. The second-order valence-electron chi connectivity index (χ2n) is 4.85. The van der Waals surface area contributed by atoms with Gasteiger partial charge in [0, 0.05) is 38.0 Å². The van der Waals surface area contributed by atoms with Gasteiger partial charge >= 0.3 is 0 Å². The molecule has 3 nitrogen and oxygen atoms in total. The first-order valence-corrected chi connectivity index (χ1v) is 7.28. The number of rotatable bonds is 6. The fourth-order valence-corrected chi connectivity index (χ4v) is 2.50. The smallest absolute Gasteiger partial charge is 0.210 e. The molecule has 1 aromatic rings. The summed E-state index contributed by atoms with van der Waals surface area (Å²) in [5.74, 6) is 0.476. The fraction of sp³-hybridized carbons (Fsp3) is 0.625. The van der Waals surface area contributed by atoms with Crippen molar-refractivity contribution in [3.8, 4) is 5.75 Å². The third kappa shape index (κ3) is 3.10. The zero-order chi connectivity index (χ0) is 13.7. The van der Waals surface area contributed by atoms with Crippen LogP contribution in [0.15, 0.2) is 24.3 Å². The van der Waals surface area contributed by atoms with Gasteiger partial charge in [0.1, 0.15) is 5.75 Å². The molecule has 2 rings (SSSR count). The Hall–Kier alpha value is -1.06. The number of benzene rings is 1. The molecule has 1 aliphatic heterocycles. The molecule has 0 amide bonds. The standard InChI is InChI=1S/C16H24O3/c1-4-16(5-2)18-14-10-8-7-9-13(14)15(19-16)11-12-17-6-3/h7-10,15H,4-6,11-12H2,1-3H3. The number of ether oxygens (including phenoxy) is 3. The zero-order valence-electron chi connectivity index (χ0n) is 12.1. The lowest BCUT2D eigenvalue weighted by Gasteiger charge is -2.41. The summed E-state index contributed by atoms with van der Waals surface area (Å²) in [5.41, 5.74) is 1.14. The van der Waals surface area contributed by atoms with Gasteiger partial charge in [-0.3, -0.25) is 0 Å². The predicted molar refractivity (Wildman–Crippen MR) is 75.3 cm³/mol. The van der Waals surface area contributed by atoms with E-state index in [0.29, 0.717) is 0 Å². The molecular formula is C16H24O3. The highest BCUT2D eigenvalue weighted by atomic mass is 16.7. The summed E-state index contributed by atoms with van der Waals surface area (Å²) < 4.78 is 17.8. The average molecular weight is 264 g/mol. The first kappa shape index (κ1) is 14.4. The summed E-state index contributed by atoms with van der Waals surface area (Å²) >= 11 is 0. The molecule has 1 heterocycles. The molecule has 0 N–H and O–H groups in total. The van der Waals surface area contributed by atoms with Gasteiger partial charge in [0.05, 0.1) is 6.10 Å². The highest BCUT2D eigenvalue weighted by Gasteiger charge is 2.38. The van der Waals surface area contributed by atoms with Crippen LogP contribution in [0, 0.1) is 0 Å². The highest BCUT2D eigenvalue weighted by Crippen LogP contribution is 2.42. The van der Waals surface area contributed by atoms with Crippen molar-refractivity contribution >= 4 is 0 Å². The SMILES string of the molecule is CCOCCC1OC(CC)(CC)Oc2ccccc21. The van der Waals surface area contributed by atoms with Crippen molar-refractivity contribution in [2.24, 2.45) is 0 Å². The molecule has 1 aromatic carbocycles. The normalized spacial score (nSPS) is 20.7. The summed E-state index contributed by atoms with van der Waals surface area (Å²) in [6.45, 7) is 7.70. The minimum absolute atomic E-state index is 0.0661. The Kier molecular flexibility index (Phi) is 4.83. The van der Waals surface area contributed by atoms with Gasteiger partial charge in [0.15, 0.2) is 0 Å². The monoisotopic (exact) mass is 264 g/mol. The van der Waals surface area contributed by atoms with Gasteiger partial charge in [0.2, 0.25) is 5.79 Å². The van der Waals surface area contributed by atoms with Gasteiger partial charge in [-0.05, 0) is 13.0 Å². The molecular weight excluding hydrogens is 240 g/mol. The quantitative estimate of drug-likeness (QED) is 0.725. The van der Waals surface area contributed by atoms with Crippen molar-refractivity contribution in [3.05, 3.63) is 29.8 Å². The third-order valence-electron chi connectivity index (χ3n) is 3.72. The van der Waals surface area contributed by atoms with E-state index in [1.165, 1.54) is 0 Å². The molecule has 106 valence electrons. The van der Waals surface area contributed by atoms with Crippen LogP contribution < -0.4 is 4.74 Å². The van der Waals surface area contributed by atoms with Crippen molar-refractivity contribution in [2.45, 2.75) is 51.9 Å². The van der Waals surface area contributed by atoms with Crippen LogP contribution in [0.2, 0.25) is 0 Å². The Balaban J connectivity index is 2.21. The van der Waals surface area contributed by atoms with Gasteiger partial charge in [-0.15, -0.1) is 0 Å². The first-order chi connectivity index (χ1) is 9.24. The summed E-state index contributed by atoms with van der Waals surface area (Å²) in [6.07, 6.45) is 2.64. The minimum atomic E-state index is -0.481. The Morgan fingerprint density at radius 2 is 1.89 bits per heavy atom. The van der Waals surface area contributed by atoms with E-state index < -0.39 is 5.79 Å². The summed E-state index contributed by atoms with van der Waals surface area (Å²) in [4.78, 5) is 0. The Bertz CT molecular complexity index is 399. The average Bonchev–Trinajstić information content (AvgIpc) is 2.47. The van der Waals surface area contributed by atoms with Crippen LogP contribution in [0.5, 0.6) is 5.75 Å². The Morgan fingerprint density at radius 3 is 2.58 bits per heavy atom. The van der Waals surface area contributed by atoms with Crippen LogP contribution in [0.1, 0.15) is 51.7 Å². The van der Waals surface area contributed by atoms with Crippen LogP contribution in [-0.2, 0) is 9.47 Å². The van der Waals surface area contributed by atoms with Crippen LogP contribution in [0.3, 0.4) is 0 Å². The van der Waals surface area contributed by atoms with Crippen LogP contribution in [0.4, 0.5) is 0 Å². The molecule has 3 heteroatoms. The fourth-order valence-electron chi connectivity index (χ4n) is 2.50. The second-order valence-corrected chi connectivity index (χ2v) is 4.85. The molecule has 0 bridgehead atoms. The molecule has 19 heavy (non-hydrogen) atoms. The first-order valence-electron chi connectivity index (χ1n) is 7.28. The summed E-state index contributed by atoms with van der Waals surface area (Å²) in [6, 6.07) is 8.16. The second kappa shape index (κ2) is 6.40.